The summed E-state index contributed by atoms with van der Waals surface area (Å²) in [6.45, 7) is 0.194. The monoisotopic (exact) mass is 242 g/mol. The van der Waals surface area contributed by atoms with Crippen LogP contribution in [-0.2, 0) is 13.3 Å². The van der Waals surface area contributed by atoms with Crippen molar-refractivity contribution in [2.24, 2.45) is 0 Å². The molecule has 2 heterocycles. The van der Waals surface area contributed by atoms with E-state index in [0.717, 1.165) is 13.0 Å². The zero-order chi connectivity index (χ0) is 12.3. The van der Waals surface area contributed by atoms with Crippen molar-refractivity contribution in [2.75, 3.05) is 20.2 Å². The summed E-state index contributed by atoms with van der Waals surface area (Å²) in [5.41, 5.74) is 0.424. The second-order valence-electron chi connectivity index (χ2n) is 4.28. The Morgan fingerprint density at radius 3 is 2.82 bits per heavy atom. The number of hydrogen-bond acceptors (Lipinski definition) is 3. The van der Waals surface area contributed by atoms with E-state index in [1.54, 1.807) is 0 Å². The third kappa shape index (κ3) is 2.72. The van der Waals surface area contributed by atoms with Gasteiger partial charge in [-0.05, 0) is 26.1 Å². The first-order valence-corrected chi connectivity index (χ1v) is 5.67. The van der Waals surface area contributed by atoms with Gasteiger partial charge < -0.3 is 4.74 Å². The molecule has 1 saturated heterocycles. The SMILES string of the molecule is CN1CC[C@@H]1COc1cnc(CF)c(CF)c1. The van der Waals surface area contributed by atoms with Gasteiger partial charge in [0, 0.05) is 11.6 Å². The first-order chi connectivity index (χ1) is 8.24. The van der Waals surface area contributed by atoms with Crippen LogP contribution in [-0.4, -0.2) is 36.1 Å². The van der Waals surface area contributed by atoms with Crippen molar-refractivity contribution < 1.29 is 13.5 Å². The fraction of sp³-hybridized carbons (Fsp3) is 0.583. The molecular formula is C12H16F2N2O. The molecule has 0 amide bonds. The maximum Gasteiger partial charge on any atom is 0.138 e. The summed E-state index contributed by atoms with van der Waals surface area (Å²) in [6.07, 6.45) is 2.56. The van der Waals surface area contributed by atoms with Gasteiger partial charge in [-0.25, -0.2) is 8.78 Å². The van der Waals surface area contributed by atoms with E-state index in [4.69, 9.17) is 4.74 Å². The Bertz CT molecular complexity index is 387. The molecule has 94 valence electrons. The zero-order valence-corrected chi connectivity index (χ0v) is 9.83. The summed E-state index contributed by atoms with van der Waals surface area (Å²) in [6, 6.07) is 1.95. The van der Waals surface area contributed by atoms with Crippen LogP contribution in [0.4, 0.5) is 8.78 Å². The number of nitrogens with zero attached hydrogens (tertiary/aromatic N) is 2. The lowest BCUT2D eigenvalue weighted by molar-refractivity contribution is 0.0766. The van der Waals surface area contributed by atoms with E-state index in [-0.39, 0.29) is 11.3 Å². The smallest absolute Gasteiger partial charge is 0.138 e. The second-order valence-corrected chi connectivity index (χ2v) is 4.28. The van der Waals surface area contributed by atoms with Crippen molar-refractivity contribution in [3.63, 3.8) is 0 Å². The van der Waals surface area contributed by atoms with Crippen molar-refractivity contribution in [1.82, 2.24) is 9.88 Å². The predicted molar refractivity (Wildman–Crippen MR) is 60.4 cm³/mol. The van der Waals surface area contributed by atoms with Gasteiger partial charge in [0.25, 0.3) is 0 Å². The number of pyridine rings is 1. The van der Waals surface area contributed by atoms with Crippen LogP contribution in [0.2, 0.25) is 0 Å². The summed E-state index contributed by atoms with van der Waals surface area (Å²) in [7, 11) is 2.04. The Morgan fingerprint density at radius 2 is 2.29 bits per heavy atom. The minimum Gasteiger partial charge on any atom is -0.490 e. The average Bonchev–Trinajstić information content (AvgIpc) is 2.36. The molecule has 0 N–H and O–H groups in total. The summed E-state index contributed by atoms with van der Waals surface area (Å²) >= 11 is 0. The summed E-state index contributed by atoms with van der Waals surface area (Å²) in [5.74, 6) is 0.509. The predicted octanol–water partition coefficient (Wildman–Crippen LogP) is 2.10. The summed E-state index contributed by atoms with van der Waals surface area (Å²) in [5, 5.41) is 0. The molecule has 3 nitrogen and oxygen atoms in total. The van der Waals surface area contributed by atoms with Crippen LogP contribution in [0.1, 0.15) is 17.7 Å². The number of alkyl halides is 2. The normalized spacial score (nSPS) is 20.1. The molecule has 0 unspecified atom stereocenters. The molecule has 0 aliphatic carbocycles. The lowest BCUT2D eigenvalue weighted by Crippen LogP contribution is -2.48. The van der Waals surface area contributed by atoms with Gasteiger partial charge in [0.15, 0.2) is 0 Å². The number of likely N-dealkylation sites (tertiary alicyclic amines) is 1. The molecule has 0 radical (unpaired) electrons. The fourth-order valence-corrected chi connectivity index (χ4v) is 1.80. The molecule has 1 aliphatic heterocycles. The van der Waals surface area contributed by atoms with Crippen LogP contribution in [0.3, 0.4) is 0 Å². The van der Waals surface area contributed by atoms with Gasteiger partial charge in [-0.15, -0.1) is 0 Å². The van der Waals surface area contributed by atoms with Crippen molar-refractivity contribution in [3.05, 3.63) is 23.5 Å². The molecular weight excluding hydrogens is 226 g/mol. The van der Waals surface area contributed by atoms with Gasteiger partial charge in [0.1, 0.15) is 25.7 Å². The van der Waals surface area contributed by atoms with Crippen molar-refractivity contribution >= 4 is 0 Å². The molecule has 2 rings (SSSR count). The Kier molecular flexibility index (Phi) is 3.89. The Morgan fingerprint density at radius 1 is 1.47 bits per heavy atom. The van der Waals surface area contributed by atoms with Gasteiger partial charge >= 0.3 is 0 Å². The molecule has 1 aromatic heterocycles. The first kappa shape index (κ1) is 12.2. The van der Waals surface area contributed by atoms with Crippen LogP contribution >= 0.6 is 0 Å². The topological polar surface area (TPSA) is 25.4 Å². The van der Waals surface area contributed by atoms with E-state index >= 15 is 0 Å². The Balaban J connectivity index is 1.96. The molecule has 0 bridgehead atoms. The van der Waals surface area contributed by atoms with Gasteiger partial charge in [0.05, 0.1) is 11.9 Å². The molecule has 17 heavy (non-hydrogen) atoms. The van der Waals surface area contributed by atoms with Crippen LogP contribution in [0.25, 0.3) is 0 Å². The van der Waals surface area contributed by atoms with E-state index in [2.05, 4.69) is 9.88 Å². The van der Waals surface area contributed by atoms with E-state index in [1.165, 1.54) is 12.3 Å². The molecule has 0 aromatic carbocycles. The maximum atomic E-state index is 12.6. The van der Waals surface area contributed by atoms with E-state index in [9.17, 15) is 8.78 Å². The maximum absolute atomic E-state index is 12.6. The first-order valence-electron chi connectivity index (χ1n) is 5.67. The number of halogens is 2. The largest absolute Gasteiger partial charge is 0.490 e. The van der Waals surface area contributed by atoms with Crippen molar-refractivity contribution in [3.8, 4) is 5.75 Å². The van der Waals surface area contributed by atoms with Crippen LogP contribution in [0, 0.1) is 0 Å². The van der Waals surface area contributed by atoms with Gasteiger partial charge in [-0.3, -0.25) is 9.88 Å². The number of hydrogen-bond donors (Lipinski definition) is 0. The zero-order valence-electron chi connectivity index (χ0n) is 9.83. The van der Waals surface area contributed by atoms with E-state index in [0.29, 0.717) is 18.4 Å². The molecule has 1 aliphatic rings. The average molecular weight is 242 g/mol. The van der Waals surface area contributed by atoms with Crippen LogP contribution in [0.5, 0.6) is 5.75 Å². The highest BCUT2D eigenvalue weighted by Crippen LogP contribution is 2.20. The van der Waals surface area contributed by atoms with Gasteiger partial charge in [0.2, 0.25) is 0 Å². The van der Waals surface area contributed by atoms with Crippen LogP contribution < -0.4 is 4.74 Å². The highest BCUT2D eigenvalue weighted by atomic mass is 19.1. The Labute approximate surface area is 99.4 Å². The lowest BCUT2D eigenvalue weighted by Gasteiger charge is -2.37. The Hall–Kier alpha value is -1.23. The number of aromatic nitrogens is 1. The lowest BCUT2D eigenvalue weighted by atomic mass is 10.1. The summed E-state index contributed by atoms with van der Waals surface area (Å²) < 4.78 is 30.6. The minimum absolute atomic E-state index is 0.153. The van der Waals surface area contributed by atoms with E-state index < -0.39 is 13.3 Å². The van der Waals surface area contributed by atoms with E-state index in [1.807, 2.05) is 7.05 Å². The molecule has 0 saturated carbocycles. The summed E-state index contributed by atoms with van der Waals surface area (Å²) in [4.78, 5) is 6.05. The fourth-order valence-electron chi connectivity index (χ4n) is 1.80. The number of ether oxygens (including phenoxy) is 1. The molecule has 0 spiro atoms. The van der Waals surface area contributed by atoms with Crippen LogP contribution in [0.15, 0.2) is 12.3 Å². The highest BCUT2D eigenvalue weighted by Gasteiger charge is 2.24. The molecule has 1 fully saturated rings. The van der Waals surface area contributed by atoms with Gasteiger partial charge in [-0.1, -0.05) is 0 Å². The second kappa shape index (κ2) is 5.40. The highest BCUT2D eigenvalue weighted by molar-refractivity contribution is 5.28. The van der Waals surface area contributed by atoms with Crippen molar-refractivity contribution in [2.45, 2.75) is 25.8 Å². The standard InChI is InChI=1S/C12H16F2N2O/c1-16-3-2-10(16)8-17-11-4-9(5-13)12(6-14)15-7-11/h4,7,10H,2-3,5-6,8H2,1H3/t10-/m1/s1. The third-order valence-corrected chi connectivity index (χ3v) is 3.19. The third-order valence-electron chi connectivity index (χ3n) is 3.19. The van der Waals surface area contributed by atoms with Gasteiger partial charge in [-0.2, -0.15) is 0 Å². The van der Waals surface area contributed by atoms with Crippen molar-refractivity contribution in [1.29, 1.82) is 0 Å². The molecule has 1 aromatic rings. The molecule has 5 heteroatoms. The number of rotatable bonds is 5. The minimum atomic E-state index is -0.745. The quantitative estimate of drug-likeness (QED) is 0.790. The number of likely N-dealkylation sites (N-methyl/N-ethyl adjacent to an activating group) is 1. The molecule has 1 atom stereocenters.